The summed E-state index contributed by atoms with van der Waals surface area (Å²) in [6.45, 7) is 0. The Morgan fingerprint density at radius 2 is 0.970 bits per heavy atom. The van der Waals surface area contributed by atoms with Gasteiger partial charge in [0.15, 0.2) is 0 Å². The van der Waals surface area contributed by atoms with Crippen LogP contribution in [0.2, 0.25) is 5.02 Å². The summed E-state index contributed by atoms with van der Waals surface area (Å²) in [4.78, 5) is 0. The normalized spacial score (nSPS) is 9.36. The second-order valence-corrected chi connectivity index (χ2v) is 9.91. The Balaban J connectivity index is 0.000000249. The lowest BCUT2D eigenvalue weighted by Crippen LogP contribution is -1.78. The fourth-order valence-electron chi connectivity index (χ4n) is 2.11. The maximum absolute atomic E-state index is 5.83. The highest BCUT2D eigenvalue weighted by Gasteiger charge is 2.06. The number of rotatable bonds is 3. The van der Waals surface area contributed by atoms with E-state index in [1.54, 1.807) is 30.3 Å². The summed E-state index contributed by atoms with van der Waals surface area (Å²) in [5.41, 5.74) is 2.48. The molecule has 0 aliphatic carbocycles. The topological polar surface area (TPSA) is 0 Å². The number of hydrogen-bond donors (Lipinski definition) is 0. The molecule has 3 aromatic carbocycles. The van der Waals surface area contributed by atoms with Crippen LogP contribution in [0.3, 0.4) is 0 Å². The summed E-state index contributed by atoms with van der Waals surface area (Å²) >= 11 is 50.2. The molecule has 3 aromatic rings. The van der Waals surface area contributed by atoms with E-state index in [1.165, 1.54) is 0 Å². The van der Waals surface area contributed by atoms with Gasteiger partial charge in [-0.05, 0) is 23.3 Å². The lowest BCUT2D eigenvalue weighted by atomic mass is 10.2. The van der Waals surface area contributed by atoms with E-state index >= 15 is 0 Å². The van der Waals surface area contributed by atoms with Crippen LogP contribution in [0.1, 0.15) is 16.7 Å². The zero-order valence-corrected chi connectivity index (χ0v) is 23.4. The van der Waals surface area contributed by atoms with Crippen molar-refractivity contribution in [2.24, 2.45) is 0 Å². The van der Waals surface area contributed by atoms with Crippen LogP contribution in [0.25, 0.3) is 16.1 Å². The minimum absolute atomic E-state index is 0.0183. The summed E-state index contributed by atoms with van der Waals surface area (Å²) in [6.07, 6.45) is 1.70. The van der Waals surface area contributed by atoms with Crippen molar-refractivity contribution >= 4 is 121 Å². The lowest BCUT2D eigenvalue weighted by molar-refractivity contribution is 1.65. The van der Waals surface area contributed by atoms with Gasteiger partial charge in [-0.15, -0.1) is 0 Å². The quantitative estimate of drug-likeness (QED) is 0.273. The van der Waals surface area contributed by atoms with Gasteiger partial charge in [0.05, 0.1) is 10.1 Å². The molecule has 174 valence electrons. The molecule has 9 heteroatoms. The number of hydrogen-bond acceptors (Lipinski definition) is 0. The summed E-state index contributed by atoms with van der Waals surface area (Å²) in [6, 6.07) is 26.1. The van der Waals surface area contributed by atoms with E-state index in [-0.39, 0.29) is 18.5 Å². The van der Waals surface area contributed by atoms with Crippen molar-refractivity contribution in [3.05, 3.63) is 120 Å². The van der Waals surface area contributed by atoms with Gasteiger partial charge in [-0.1, -0.05) is 183 Å². The Kier molecular flexibility index (Phi) is 15.7. The molecule has 0 fully saturated rings. The van der Waals surface area contributed by atoms with Gasteiger partial charge in [-0.25, -0.2) is 0 Å². The van der Waals surface area contributed by atoms with Crippen molar-refractivity contribution in [3.8, 4) is 0 Å². The highest BCUT2D eigenvalue weighted by molar-refractivity contribution is 6.67. The van der Waals surface area contributed by atoms with Crippen LogP contribution in [0.15, 0.2) is 98.4 Å². The molecule has 0 aliphatic heterocycles. The summed E-state index contributed by atoms with van der Waals surface area (Å²) in [5.74, 6) is 0. The van der Waals surface area contributed by atoms with Gasteiger partial charge >= 0.3 is 0 Å². The van der Waals surface area contributed by atoms with Crippen LogP contribution in [-0.4, -0.2) is 0 Å². The second kappa shape index (κ2) is 17.0. The number of benzene rings is 3. The molecule has 0 unspecified atom stereocenters. The molecular formula is C24H15Cl9. The molecule has 3 rings (SSSR count). The maximum atomic E-state index is 5.83. The third-order valence-corrected chi connectivity index (χ3v) is 6.04. The Hall–Kier alpha value is -0.510. The smallest absolute Gasteiger partial charge is 0.0836 e. The van der Waals surface area contributed by atoms with E-state index < -0.39 is 0 Å². The lowest BCUT2D eigenvalue weighted by Gasteiger charge is -2.01. The zero-order valence-electron chi connectivity index (χ0n) is 16.6. The first kappa shape index (κ1) is 30.5. The van der Waals surface area contributed by atoms with E-state index in [0.29, 0.717) is 15.6 Å². The Labute approximate surface area is 238 Å². The first-order chi connectivity index (χ1) is 15.6. The fraction of sp³-hybridized carbons (Fsp3) is 0. The molecule has 0 spiro atoms. The van der Waals surface area contributed by atoms with Crippen LogP contribution < -0.4 is 0 Å². The van der Waals surface area contributed by atoms with Gasteiger partial charge in [0.2, 0.25) is 0 Å². The van der Waals surface area contributed by atoms with Crippen molar-refractivity contribution in [1.82, 2.24) is 0 Å². The third-order valence-electron chi connectivity index (χ3n) is 3.54. The van der Waals surface area contributed by atoms with E-state index in [4.69, 9.17) is 104 Å². The van der Waals surface area contributed by atoms with Gasteiger partial charge in [0, 0.05) is 10.6 Å². The van der Waals surface area contributed by atoms with Crippen molar-refractivity contribution < 1.29 is 0 Å². The monoisotopic (exact) mass is 618 g/mol. The van der Waals surface area contributed by atoms with E-state index in [1.807, 2.05) is 60.7 Å². The van der Waals surface area contributed by atoms with Crippen LogP contribution >= 0.6 is 104 Å². The van der Waals surface area contributed by atoms with Crippen molar-refractivity contribution in [2.75, 3.05) is 0 Å². The van der Waals surface area contributed by atoms with Crippen LogP contribution in [0.4, 0.5) is 0 Å². The molecule has 0 radical (unpaired) electrons. The maximum Gasteiger partial charge on any atom is 0.126 e. The van der Waals surface area contributed by atoms with Crippen LogP contribution in [0.5, 0.6) is 0 Å². The van der Waals surface area contributed by atoms with Gasteiger partial charge in [-0.2, -0.15) is 0 Å². The minimum Gasteiger partial charge on any atom is -0.0836 e. The molecule has 0 atom stereocenters. The molecule has 0 bridgehead atoms. The predicted molar refractivity (Wildman–Crippen MR) is 153 cm³/mol. The zero-order chi connectivity index (χ0) is 24.8. The van der Waals surface area contributed by atoms with E-state index in [2.05, 4.69) is 0 Å². The molecule has 0 saturated heterocycles. The first-order valence-electron chi connectivity index (χ1n) is 8.93. The van der Waals surface area contributed by atoms with E-state index in [0.717, 1.165) is 11.1 Å². The van der Waals surface area contributed by atoms with Crippen molar-refractivity contribution in [1.29, 1.82) is 0 Å². The molecule has 0 saturated carbocycles. The SMILES string of the molecule is ClC(Cl)=C(Cl)c1ccccc1.ClC(Cl)=C(Cl)c1ccccc1Cl.ClC(Cl)=Cc1ccccc1. The minimum atomic E-state index is 0.0183. The van der Waals surface area contributed by atoms with Crippen molar-refractivity contribution in [2.45, 2.75) is 0 Å². The average Bonchev–Trinajstić information content (AvgIpc) is 2.80. The Morgan fingerprint density at radius 1 is 0.515 bits per heavy atom. The molecule has 0 N–H and O–H groups in total. The molecule has 0 aliphatic rings. The van der Waals surface area contributed by atoms with Gasteiger partial charge < -0.3 is 0 Å². The molecular weight excluding hydrogens is 607 g/mol. The van der Waals surface area contributed by atoms with Crippen LogP contribution in [-0.2, 0) is 0 Å². The molecule has 0 heterocycles. The summed E-state index contributed by atoms with van der Waals surface area (Å²) in [7, 11) is 0. The standard InChI is InChI=1S/C8H4Cl4.C8H5Cl3.C8H6Cl2/c9-6-4-2-1-3-5(6)7(10)8(11)12;9-7(8(10)11)6-4-2-1-3-5-6;9-8(10)6-7-4-2-1-3-5-7/h1-4H;1-5H;1-6H. The second-order valence-electron chi connectivity index (χ2n) is 5.84. The molecule has 0 aromatic heterocycles. The highest BCUT2D eigenvalue weighted by atomic mass is 35.5. The largest absolute Gasteiger partial charge is 0.126 e. The van der Waals surface area contributed by atoms with E-state index in [9.17, 15) is 0 Å². The Morgan fingerprint density at radius 3 is 1.42 bits per heavy atom. The molecule has 0 nitrogen and oxygen atoms in total. The van der Waals surface area contributed by atoms with Gasteiger partial charge in [-0.3, -0.25) is 0 Å². The van der Waals surface area contributed by atoms with Crippen LogP contribution in [0, 0.1) is 0 Å². The average molecular weight is 622 g/mol. The fourth-order valence-corrected chi connectivity index (χ4v) is 3.35. The molecule has 0 amide bonds. The third kappa shape index (κ3) is 12.7. The summed E-state index contributed by atoms with van der Waals surface area (Å²) in [5, 5.41) is 1.18. The number of halogens is 9. The summed E-state index contributed by atoms with van der Waals surface area (Å²) < 4.78 is 0.397. The van der Waals surface area contributed by atoms with Gasteiger partial charge in [0.1, 0.15) is 13.5 Å². The van der Waals surface area contributed by atoms with Gasteiger partial charge in [0.25, 0.3) is 0 Å². The highest BCUT2D eigenvalue weighted by Crippen LogP contribution is 2.32. The first-order valence-corrected chi connectivity index (χ1v) is 12.3. The predicted octanol–water partition coefficient (Wildman–Crippen LogP) is 12.2. The molecule has 33 heavy (non-hydrogen) atoms. The Bertz CT molecular complexity index is 1080. The van der Waals surface area contributed by atoms with Crippen molar-refractivity contribution in [3.63, 3.8) is 0 Å².